The third-order valence-corrected chi connectivity index (χ3v) is 6.84. The number of carbonyl (C=O) groups excluding carboxylic acids is 2. The minimum absolute atomic E-state index is 0.270. The Hall–Kier alpha value is -1.58. The maximum Gasteiger partial charge on any atom is 0.333 e. The second kappa shape index (κ2) is 7.21. The smallest absolute Gasteiger partial charge is 0.333 e. The Morgan fingerprint density at radius 2 is 1.42 bits per heavy atom. The fourth-order valence-electron chi connectivity index (χ4n) is 5.61. The number of hydrogen-bond acceptors (Lipinski definition) is 4. The van der Waals surface area contributed by atoms with Crippen LogP contribution in [0.5, 0.6) is 0 Å². The van der Waals surface area contributed by atoms with Crippen molar-refractivity contribution >= 4 is 11.9 Å². The van der Waals surface area contributed by atoms with Gasteiger partial charge in [-0.3, -0.25) is 0 Å². The lowest BCUT2D eigenvalue weighted by molar-refractivity contribution is -0.262. The summed E-state index contributed by atoms with van der Waals surface area (Å²) >= 11 is 0. The average Bonchev–Trinajstić information content (AvgIpc) is 2.62. The van der Waals surface area contributed by atoms with Gasteiger partial charge >= 0.3 is 11.9 Å². The molecule has 4 atom stereocenters. The van der Waals surface area contributed by atoms with Crippen molar-refractivity contribution in [1.82, 2.24) is 0 Å². The predicted octanol–water partition coefficient (Wildman–Crippen LogP) is 4.88. The molecule has 0 aromatic heterocycles. The molecule has 0 heterocycles. The van der Waals surface area contributed by atoms with E-state index in [-0.39, 0.29) is 17.9 Å². The fraction of sp³-hybridized carbons (Fsp3) is 0.727. The van der Waals surface area contributed by atoms with E-state index >= 15 is 0 Å². The van der Waals surface area contributed by atoms with Crippen LogP contribution in [0.15, 0.2) is 24.3 Å². The van der Waals surface area contributed by atoms with Crippen molar-refractivity contribution in [2.45, 2.75) is 89.3 Å². The van der Waals surface area contributed by atoms with Crippen LogP contribution in [0, 0.1) is 11.8 Å². The van der Waals surface area contributed by atoms with Crippen molar-refractivity contribution in [1.29, 1.82) is 0 Å². The molecule has 0 aliphatic heterocycles. The molecule has 0 spiro atoms. The van der Waals surface area contributed by atoms with Gasteiger partial charge in [-0.05, 0) is 64.7 Å². The number of fused-ring (bicyclic) bond motifs is 3. The molecule has 4 nitrogen and oxygen atoms in total. The molecule has 4 heteroatoms. The van der Waals surface area contributed by atoms with E-state index in [1.807, 2.05) is 0 Å². The zero-order valence-corrected chi connectivity index (χ0v) is 16.3. The summed E-state index contributed by atoms with van der Waals surface area (Å²) in [4.78, 5) is 25.1. The van der Waals surface area contributed by atoms with E-state index < -0.39 is 11.2 Å². The molecular formula is C22H32O4. The van der Waals surface area contributed by atoms with Gasteiger partial charge in [0, 0.05) is 17.1 Å². The summed E-state index contributed by atoms with van der Waals surface area (Å²) in [5, 5.41) is 0. The molecule has 0 amide bonds. The monoisotopic (exact) mass is 360 g/mol. The quantitative estimate of drug-likeness (QED) is 0.530. The Morgan fingerprint density at radius 1 is 0.808 bits per heavy atom. The van der Waals surface area contributed by atoms with Gasteiger partial charge < -0.3 is 9.47 Å². The van der Waals surface area contributed by atoms with Gasteiger partial charge in [0.2, 0.25) is 0 Å². The van der Waals surface area contributed by atoms with Crippen molar-refractivity contribution in [3.63, 3.8) is 0 Å². The van der Waals surface area contributed by atoms with Crippen molar-refractivity contribution < 1.29 is 19.1 Å². The highest BCUT2D eigenvalue weighted by atomic mass is 16.6. The molecule has 3 rings (SSSR count). The van der Waals surface area contributed by atoms with E-state index in [0.717, 1.165) is 51.4 Å². The lowest BCUT2D eigenvalue weighted by Crippen LogP contribution is -2.68. The summed E-state index contributed by atoms with van der Waals surface area (Å²) in [6.07, 6.45) is 9.96. The van der Waals surface area contributed by atoms with Crippen LogP contribution in [-0.2, 0) is 19.1 Å². The molecule has 3 saturated carbocycles. The first-order chi connectivity index (χ1) is 12.3. The van der Waals surface area contributed by atoms with Gasteiger partial charge in [-0.25, -0.2) is 9.59 Å². The van der Waals surface area contributed by atoms with Gasteiger partial charge in [0.15, 0.2) is 11.2 Å². The van der Waals surface area contributed by atoms with Crippen LogP contribution in [0.25, 0.3) is 0 Å². The van der Waals surface area contributed by atoms with Crippen LogP contribution >= 0.6 is 0 Å². The standard InChI is InChI=1S/C22H32O4/c1-15(2)19(23)25-21-12-7-8-13-22(21,26-20(24)16(3)4)18-10-6-5-9-17(18)11-14-21/h17-18H,1,3,5-14H2,2,4H3. The summed E-state index contributed by atoms with van der Waals surface area (Å²) in [5.74, 6) is 0.105. The molecule has 0 saturated heterocycles. The summed E-state index contributed by atoms with van der Waals surface area (Å²) in [5.41, 5.74) is -0.625. The second-order valence-electron chi connectivity index (χ2n) is 8.62. The minimum Gasteiger partial charge on any atom is -0.451 e. The van der Waals surface area contributed by atoms with E-state index in [0.29, 0.717) is 17.1 Å². The normalized spacial score (nSPS) is 36.2. The van der Waals surface area contributed by atoms with Crippen molar-refractivity contribution in [2.24, 2.45) is 11.8 Å². The van der Waals surface area contributed by atoms with Crippen molar-refractivity contribution in [3.8, 4) is 0 Å². The minimum atomic E-state index is -0.717. The molecule has 0 aromatic rings. The van der Waals surface area contributed by atoms with Gasteiger partial charge in [0.05, 0.1) is 0 Å². The van der Waals surface area contributed by atoms with E-state index in [1.54, 1.807) is 13.8 Å². The Balaban J connectivity index is 2.04. The zero-order valence-electron chi connectivity index (χ0n) is 16.3. The van der Waals surface area contributed by atoms with Crippen molar-refractivity contribution in [3.05, 3.63) is 24.3 Å². The topological polar surface area (TPSA) is 52.6 Å². The number of ether oxygens (including phenoxy) is 2. The molecule has 3 aliphatic carbocycles. The highest BCUT2D eigenvalue weighted by Gasteiger charge is 2.66. The first kappa shape index (κ1) is 19.2. The maximum absolute atomic E-state index is 12.6. The molecule has 0 N–H and O–H groups in total. The molecular weight excluding hydrogens is 328 g/mol. The van der Waals surface area contributed by atoms with Crippen LogP contribution < -0.4 is 0 Å². The van der Waals surface area contributed by atoms with Gasteiger partial charge in [-0.1, -0.05) is 32.4 Å². The lowest BCUT2D eigenvalue weighted by Gasteiger charge is -2.60. The highest BCUT2D eigenvalue weighted by Crippen LogP contribution is 2.59. The zero-order chi connectivity index (χ0) is 18.9. The first-order valence-corrected chi connectivity index (χ1v) is 10.1. The number of esters is 2. The predicted molar refractivity (Wildman–Crippen MR) is 100 cm³/mol. The van der Waals surface area contributed by atoms with Crippen LogP contribution in [-0.4, -0.2) is 23.1 Å². The Bertz CT molecular complexity index is 622. The second-order valence-corrected chi connectivity index (χ2v) is 8.62. The summed E-state index contributed by atoms with van der Waals surface area (Å²) in [6, 6.07) is 0. The van der Waals surface area contributed by atoms with Crippen LogP contribution in [0.4, 0.5) is 0 Å². The first-order valence-electron chi connectivity index (χ1n) is 10.1. The van der Waals surface area contributed by atoms with E-state index in [1.165, 1.54) is 12.8 Å². The lowest BCUT2D eigenvalue weighted by atomic mass is 9.52. The molecule has 4 unspecified atom stereocenters. The third kappa shape index (κ3) is 3.12. The summed E-state index contributed by atoms with van der Waals surface area (Å²) in [7, 11) is 0. The molecule has 0 radical (unpaired) electrons. The Kier molecular flexibility index (Phi) is 5.32. The number of rotatable bonds is 4. The molecule has 26 heavy (non-hydrogen) atoms. The van der Waals surface area contributed by atoms with Gasteiger partial charge in [-0.2, -0.15) is 0 Å². The number of carbonyl (C=O) groups is 2. The largest absolute Gasteiger partial charge is 0.451 e. The van der Waals surface area contributed by atoms with E-state index in [4.69, 9.17) is 9.47 Å². The maximum atomic E-state index is 12.6. The molecule has 144 valence electrons. The van der Waals surface area contributed by atoms with E-state index in [9.17, 15) is 9.59 Å². The highest BCUT2D eigenvalue weighted by molar-refractivity contribution is 5.88. The number of hydrogen-bond donors (Lipinski definition) is 0. The molecule has 0 bridgehead atoms. The molecule has 3 aliphatic rings. The van der Waals surface area contributed by atoms with Crippen molar-refractivity contribution in [2.75, 3.05) is 0 Å². The Morgan fingerprint density at radius 3 is 2.12 bits per heavy atom. The van der Waals surface area contributed by atoms with Gasteiger partial charge in [0.25, 0.3) is 0 Å². The van der Waals surface area contributed by atoms with Gasteiger partial charge in [0.1, 0.15) is 0 Å². The third-order valence-electron chi connectivity index (χ3n) is 6.84. The Labute approximate surface area is 157 Å². The van der Waals surface area contributed by atoms with Gasteiger partial charge in [-0.15, -0.1) is 0 Å². The van der Waals surface area contributed by atoms with Crippen LogP contribution in [0.1, 0.15) is 78.1 Å². The summed E-state index contributed by atoms with van der Waals surface area (Å²) in [6.45, 7) is 10.9. The SMILES string of the molecule is C=C(C)C(=O)OC12CCCCC1(OC(=O)C(=C)C)C1CCCCC1CC2. The van der Waals surface area contributed by atoms with E-state index in [2.05, 4.69) is 13.2 Å². The van der Waals surface area contributed by atoms with Crippen LogP contribution in [0.3, 0.4) is 0 Å². The molecule has 3 fully saturated rings. The van der Waals surface area contributed by atoms with Crippen LogP contribution in [0.2, 0.25) is 0 Å². The average molecular weight is 360 g/mol. The summed E-state index contributed by atoms with van der Waals surface area (Å²) < 4.78 is 12.4. The fourth-order valence-corrected chi connectivity index (χ4v) is 5.61. The molecule has 0 aromatic carbocycles.